The van der Waals surface area contributed by atoms with Gasteiger partial charge in [-0.2, -0.15) is 6.92 Å². The van der Waals surface area contributed by atoms with Crippen molar-refractivity contribution >= 4 is 47.7 Å². The van der Waals surface area contributed by atoms with E-state index in [1.54, 1.807) is 6.92 Å². The Kier molecular flexibility index (Phi) is 15.1. The van der Waals surface area contributed by atoms with E-state index < -0.39 is 15.8 Å². The van der Waals surface area contributed by atoms with E-state index in [1.807, 2.05) is 0 Å². The Morgan fingerprint density at radius 1 is 0.349 bits per heavy atom. The van der Waals surface area contributed by atoms with Gasteiger partial charge in [-0.25, -0.2) is 0 Å². The smallest absolute Gasteiger partial charge is 0.102 e. The molecule has 0 N–H and O–H groups in total. The van der Waals surface area contributed by atoms with Gasteiger partial charge in [0, 0.05) is 16.5 Å². The van der Waals surface area contributed by atoms with Gasteiger partial charge >= 0.3 is 0 Å². The molecular weight excluding hydrogens is 601 g/mol. The van der Waals surface area contributed by atoms with Gasteiger partial charge in [-0.15, -0.1) is 0 Å². The van der Waals surface area contributed by atoms with E-state index in [0.29, 0.717) is 0 Å². The van der Waals surface area contributed by atoms with E-state index in [4.69, 9.17) is 0 Å². The summed E-state index contributed by atoms with van der Waals surface area (Å²) in [6.45, 7) is 5.00. The zero-order valence-electron chi connectivity index (χ0n) is 24.3. The van der Waals surface area contributed by atoms with Crippen LogP contribution in [0.4, 0.5) is 0 Å². The van der Waals surface area contributed by atoms with Crippen molar-refractivity contribution < 1.29 is 16.5 Å². The second-order valence-corrected chi connectivity index (χ2v) is 14.3. The standard InChI is InChI=1S/2C18H15P.C4H5.Ni/c2*1-4-10-16(11-5-1)19(17-12-6-2-7-13-17)18-14-8-3-9-15-18;1-3-4-2;/h2*1-15H;1H2,2H3;/q;;-1;/p+2. The summed E-state index contributed by atoms with van der Waals surface area (Å²) >= 11 is 0. The third-order valence-electron chi connectivity index (χ3n) is 6.55. The van der Waals surface area contributed by atoms with E-state index >= 15 is 0 Å². The summed E-state index contributed by atoms with van der Waals surface area (Å²) in [6, 6.07) is 65.0. The SMILES string of the molecule is [CH2-]C#CC.[Ni].c1ccc([PH+](c2ccccc2)c2ccccc2)cc1.c1ccc([PH+](c2ccccc2)c2ccccc2)cc1. The molecule has 0 aliphatic heterocycles. The van der Waals surface area contributed by atoms with Crippen molar-refractivity contribution in [2.75, 3.05) is 0 Å². The van der Waals surface area contributed by atoms with Gasteiger partial charge in [0.1, 0.15) is 31.8 Å². The molecule has 0 fully saturated rings. The molecule has 0 spiro atoms. The summed E-state index contributed by atoms with van der Waals surface area (Å²) in [5.74, 6) is 5.00. The molecule has 0 amide bonds. The first-order valence-electron chi connectivity index (χ1n) is 14.1. The molecule has 43 heavy (non-hydrogen) atoms. The van der Waals surface area contributed by atoms with E-state index in [-0.39, 0.29) is 16.5 Å². The van der Waals surface area contributed by atoms with Crippen molar-refractivity contribution in [2.45, 2.75) is 6.92 Å². The number of rotatable bonds is 6. The van der Waals surface area contributed by atoms with Crippen LogP contribution in [0.2, 0.25) is 0 Å². The Morgan fingerprint density at radius 3 is 0.605 bits per heavy atom. The van der Waals surface area contributed by atoms with Gasteiger partial charge in [-0.05, 0) is 72.8 Å². The zero-order valence-corrected chi connectivity index (χ0v) is 27.3. The molecule has 0 unspecified atom stereocenters. The Labute approximate surface area is 270 Å². The minimum Gasteiger partial charge on any atom is -0.331 e. The quantitative estimate of drug-likeness (QED) is 0.0785. The van der Waals surface area contributed by atoms with Crippen molar-refractivity contribution in [1.82, 2.24) is 0 Å². The third-order valence-corrected chi connectivity index (χ3v) is 12.0. The molecular formula is C40H37NiP2+. The molecule has 6 aromatic rings. The molecule has 216 valence electrons. The molecule has 6 aromatic carbocycles. The van der Waals surface area contributed by atoms with E-state index in [9.17, 15) is 0 Å². The molecule has 0 saturated heterocycles. The maximum atomic E-state index is 3.24. The first-order chi connectivity index (χ1) is 20.8. The normalized spacial score (nSPS) is 9.65. The van der Waals surface area contributed by atoms with Crippen molar-refractivity contribution in [1.29, 1.82) is 0 Å². The van der Waals surface area contributed by atoms with Crippen molar-refractivity contribution in [3.63, 3.8) is 0 Å². The molecule has 6 rings (SSSR count). The van der Waals surface area contributed by atoms with Crippen molar-refractivity contribution in [3.05, 3.63) is 189 Å². The number of hydrogen-bond acceptors (Lipinski definition) is 0. The van der Waals surface area contributed by atoms with E-state index in [1.165, 1.54) is 31.8 Å². The van der Waals surface area contributed by atoms with Crippen LogP contribution in [-0.2, 0) is 16.5 Å². The van der Waals surface area contributed by atoms with Gasteiger partial charge in [-0.3, -0.25) is 5.92 Å². The van der Waals surface area contributed by atoms with Gasteiger partial charge in [-0.1, -0.05) is 116 Å². The van der Waals surface area contributed by atoms with Gasteiger partial charge in [0.05, 0.1) is 15.8 Å². The molecule has 0 aliphatic carbocycles. The molecule has 0 heterocycles. The number of benzene rings is 6. The average molecular weight is 638 g/mol. The van der Waals surface area contributed by atoms with Gasteiger partial charge in [0.25, 0.3) is 0 Å². The minimum atomic E-state index is -0.877. The first-order valence-corrected chi connectivity index (χ1v) is 17.1. The Morgan fingerprint density at radius 2 is 0.488 bits per heavy atom. The topological polar surface area (TPSA) is 0 Å². The summed E-state index contributed by atoms with van der Waals surface area (Å²) in [5, 5.41) is 8.61. The maximum absolute atomic E-state index is 3.24. The van der Waals surface area contributed by atoms with Crippen LogP contribution in [0.15, 0.2) is 182 Å². The summed E-state index contributed by atoms with van der Waals surface area (Å²) < 4.78 is 0. The van der Waals surface area contributed by atoms with Gasteiger partial charge in [0.2, 0.25) is 0 Å². The van der Waals surface area contributed by atoms with Crippen LogP contribution in [0, 0.1) is 18.8 Å². The van der Waals surface area contributed by atoms with Crippen LogP contribution in [-0.4, -0.2) is 0 Å². The van der Waals surface area contributed by atoms with Gasteiger partial charge in [0.15, 0.2) is 0 Å². The monoisotopic (exact) mass is 637 g/mol. The molecule has 0 aromatic heterocycles. The molecule has 3 heteroatoms. The Bertz CT molecular complexity index is 1300. The summed E-state index contributed by atoms with van der Waals surface area (Å²) in [6.07, 6.45) is 0. The predicted octanol–water partition coefficient (Wildman–Crippen LogP) is 7.20. The van der Waals surface area contributed by atoms with Crippen LogP contribution in [0.1, 0.15) is 6.92 Å². The average Bonchev–Trinajstić information content (AvgIpc) is 3.08. The number of hydrogen-bond donors (Lipinski definition) is 0. The molecule has 0 radical (unpaired) electrons. The minimum absolute atomic E-state index is 0. The van der Waals surface area contributed by atoms with Crippen molar-refractivity contribution in [2.24, 2.45) is 0 Å². The van der Waals surface area contributed by atoms with Gasteiger partial charge < -0.3 is 5.92 Å². The predicted molar refractivity (Wildman–Crippen MR) is 192 cm³/mol. The first kappa shape index (κ1) is 33.6. The maximum Gasteiger partial charge on any atom is 0.102 e. The second-order valence-electron chi connectivity index (χ2n) is 9.37. The second kappa shape index (κ2) is 19.3. The molecule has 0 atom stereocenters. The van der Waals surface area contributed by atoms with Crippen LogP contribution >= 0.6 is 15.8 Å². The molecule has 0 aliphatic rings. The van der Waals surface area contributed by atoms with Crippen LogP contribution < -0.4 is 31.8 Å². The third kappa shape index (κ3) is 10.4. The fraction of sp³-hybridized carbons (Fsp3) is 0.0250. The summed E-state index contributed by atoms with van der Waals surface area (Å²) in [4.78, 5) is 0. The fourth-order valence-corrected chi connectivity index (χ4v) is 9.78. The van der Waals surface area contributed by atoms with Crippen LogP contribution in [0.3, 0.4) is 0 Å². The zero-order chi connectivity index (χ0) is 29.2. The fourth-order valence-electron chi connectivity index (χ4n) is 4.63. The molecule has 0 saturated carbocycles. The Balaban J connectivity index is 0.000000206. The molecule has 0 bridgehead atoms. The van der Waals surface area contributed by atoms with E-state index in [0.717, 1.165) is 0 Å². The van der Waals surface area contributed by atoms with Crippen molar-refractivity contribution in [3.8, 4) is 11.8 Å². The van der Waals surface area contributed by atoms with E-state index in [2.05, 4.69) is 201 Å². The molecule has 0 nitrogen and oxygen atoms in total. The van der Waals surface area contributed by atoms with Crippen LogP contribution in [0.25, 0.3) is 0 Å². The summed E-state index contributed by atoms with van der Waals surface area (Å²) in [7, 11) is -1.75. The summed E-state index contributed by atoms with van der Waals surface area (Å²) in [5.41, 5.74) is 0. The van der Waals surface area contributed by atoms with Crippen LogP contribution in [0.5, 0.6) is 0 Å². The Hall–Kier alpha value is -3.90. The largest absolute Gasteiger partial charge is 0.331 e.